The number of piperidine rings is 1. The second-order valence-electron chi connectivity index (χ2n) is 9.12. The maximum Gasteiger partial charge on any atom is 0.243 e. The Morgan fingerprint density at radius 1 is 0.971 bits per heavy atom. The monoisotopic (exact) mass is 480 g/mol. The van der Waals surface area contributed by atoms with Crippen LogP contribution in [0.1, 0.15) is 48.6 Å². The second-order valence-corrected chi connectivity index (χ2v) is 11.1. The Labute approximate surface area is 199 Å². The minimum atomic E-state index is -3.49. The standard InChI is InChI=1S/C25H28N4O4S/c1-17-6-9-21(14-18(17)2)29-16-20(15-23(29)30)25-26-24(27-33-25)19-7-10-22(11-8-19)34(31,32)28-12-4-3-5-13-28/h6-11,14,20H,3-5,12-13,15-16H2,1-2H3/t20-/m1/s1. The third kappa shape index (κ3) is 4.25. The van der Waals surface area contributed by atoms with Crippen LogP contribution in [-0.4, -0.2) is 48.4 Å². The first kappa shape index (κ1) is 22.7. The Hall–Kier alpha value is -3.04. The fourth-order valence-electron chi connectivity index (χ4n) is 4.56. The number of hydrogen-bond acceptors (Lipinski definition) is 6. The molecule has 0 saturated carbocycles. The van der Waals surface area contributed by atoms with Crippen LogP contribution in [0.5, 0.6) is 0 Å². The van der Waals surface area contributed by atoms with Crippen LogP contribution in [0, 0.1) is 13.8 Å². The zero-order chi connectivity index (χ0) is 23.9. The maximum atomic E-state index is 12.9. The summed E-state index contributed by atoms with van der Waals surface area (Å²) in [5.74, 6) is 0.642. The van der Waals surface area contributed by atoms with Crippen molar-refractivity contribution in [3.63, 3.8) is 0 Å². The van der Waals surface area contributed by atoms with Gasteiger partial charge in [0.2, 0.25) is 27.6 Å². The van der Waals surface area contributed by atoms with Gasteiger partial charge in [-0.1, -0.05) is 17.6 Å². The molecule has 1 atom stereocenters. The number of hydrogen-bond donors (Lipinski definition) is 0. The third-order valence-electron chi connectivity index (χ3n) is 6.78. The lowest BCUT2D eigenvalue weighted by atomic mass is 10.1. The van der Waals surface area contributed by atoms with Crippen molar-refractivity contribution in [2.75, 3.05) is 24.5 Å². The summed E-state index contributed by atoms with van der Waals surface area (Å²) in [6, 6.07) is 12.6. The molecule has 5 rings (SSSR count). The maximum absolute atomic E-state index is 12.9. The summed E-state index contributed by atoms with van der Waals surface area (Å²) in [4.78, 5) is 19.2. The van der Waals surface area contributed by atoms with Crippen molar-refractivity contribution in [1.82, 2.24) is 14.4 Å². The van der Waals surface area contributed by atoms with E-state index in [1.807, 2.05) is 32.0 Å². The summed E-state index contributed by atoms with van der Waals surface area (Å²) in [7, 11) is -3.49. The molecule has 34 heavy (non-hydrogen) atoms. The van der Waals surface area contributed by atoms with Crippen LogP contribution in [0.2, 0.25) is 0 Å². The Morgan fingerprint density at radius 2 is 1.71 bits per heavy atom. The lowest BCUT2D eigenvalue weighted by Gasteiger charge is -2.25. The van der Waals surface area contributed by atoms with E-state index < -0.39 is 10.0 Å². The zero-order valence-corrected chi connectivity index (χ0v) is 20.2. The molecule has 8 nitrogen and oxygen atoms in total. The molecule has 0 spiro atoms. The third-order valence-corrected chi connectivity index (χ3v) is 8.70. The van der Waals surface area contributed by atoms with Gasteiger partial charge in [0, 0.05) is 37.3 Å². The number of anilines is 1. The van der Waals surface area contributed by atoms with Crippen molar-refractivity contribution in [2.24, 2.45) is 0 Å². The number of nitrogens with zero attached hydrogens (tertiary/aromatic N) is 4. The highest BCUT2D eigenvalue weighted by atomic mass is 32.2. The van der Waals surface area contributed by atoms with E-state index in [0.717, 1.165) is 30.5 Å². The number of aromatic nitrogens is 2. The van der Waals surface area contributed by atoms with Crippen LogP contribution >= 0.6 is 0 Å². The molecule has 0 N–H and O–H groups in total. The number of sulfonamides is 1. The molecule has 3 aromatic rings. The lowest BCUT2D eigenvalue weighted by Crippen LogP contribution is -2.35. The number of aryl methyl sites for hydroxylation is 2. The van der Waals surface area contributed by atoms with Crippen molar-refractivity contribution in [3.05, 3.63) is 59.5 Å². The largest absolute Gasteiger partial charge is 0.339 e. The summed E-state index contributed by atoms with van der Waals surface area (Å²) in [5.41, 5.74) is 3.87. The van der Waals surface area contributed by atoms with Gasteiger partial charge in [0.25, 0.3) is 0 Å². The molecule has 2 saturated heterocycles. The topological polar surface area (TPSA) is 96.6 Å². The highest BCUT2D eigenvalue weighted by molar-refractivity contribution is 7.89. The quantitative estimate of drug-likeness (QED) is 0.547. The van der Waals surface area contributed by atoms with Gasteiger partial charge in [0.05, 0.1) is 10.8 Å². The van der Waals surface area contributed by atoms with Crippen LogP contribution in [0.4, 0.5) is 5.69 Å². The Kier molecular flexibility index (Phi) is 5.99. The van der Waals surface area contributed by atoms with E-state index in [4.69, 9.17) is 4.52 Å². The van der Waals surface area contributed by atoms with Gasteiger partial charge >= 0.3 is 0 Å². The lowest BCUT2D eigenvalue weighted by molar-refractivity contribution is -0.117. The molecular formula is C25H28N4O4S. The van der Waals surface area contributed by atoms with Gasteiger partial charge in [0.1, 0.15) is 0 Å². The van der Waals surface area contributed by atoms with Gasteiger partial charge < -0.3 is 9.42 Å². The first-order valence-corrected chi connectivity index (χ1v) is 13.1. The van der Waals surface area contributed by atoms with Crippen molar-refractivity contribution >= 4 is 21.6 Å². The highest BCUT2D eigenvalue weighted by Gasteiger charge is 2.35. The number of rotatable bonds is 5. The van der Waals surface area contributed by atoms with Crippen LogP contribution in [-0.2, 0) is 14.8 Å². The fraction of sp³-hybridized carbons (Fsp3) is 0.400. The zero-order valence-electron chi connectivity index (χ0n) is 19.4. The Bertz CT molecular complexity index is 1310. The van der Waals surface area contributed by atoms with Crippen molar-refractivity contribution in [1.29, 1.82) is 0 Å². The molecule has 9 heteroatoms. The molecule has 2 aliphatic rings. The molecule has 2 aliphatic heterocycles. The molecule has 0 bridgehead atoms. The van der Waals surface area contributed by atoms with Gasteiger partial charge in [0.15, 0.2) is 0 Å². The van der Waals surface area contributed by atoms with Gasteiger partial charge in [-0.25, -0.2) is 8.42 Å². The number of carbonyl (C=O) groups is 1. The molecule has 0 aliphatic carbocycles. The van der Waals surface area contributed by atoms with E-state index in [0.29, 0.717) is 43.3 Å². The van der Waals surface area contributed by atoms with E-state index in [9.17, 15) is 13.2 Å². The van der Waals surface area contributed by atoms with Crippen molar-refractivity contribution in [3.8, 4) is 11.4 Å². The van der Waals surface area contributed by atoms with E-state index >= 15 is 0 Å². The van der Waals surface area contributed by atoms with E-state index in [1.165, 1.54) is 5.56 Å². The summed E-state index contributed by atoms with van der Waals surface area (Å²) < 4.78 is 32.8. The van der Waals surface area contributed by atoms with Crippen molar-refractivity contribution in [2.45, 2.75) is 50.3 Å². The summed E-state index contributed by atoms with van der Waals surface area (Å²) in [6.07, 6.45) is 3.17. The highest BCUT2D eigenvalue weighted by Crippen LogP contribution is 2.33. The molecule has 0 radical (unpaired) electrons. The van der Waals surface area contributed by atoms with Gasteiger partial charge in [-0.2, -0.15) is 9.29 Å². The Balaban J connectivity index is 1.31. The predicted octanol–water partition coefficient (Wildman–Crippen LogP) is 4.05. The van der Waals surface area contributed by atoms with E-state index in [1.54, 1.807) is 33.5 Å². The molecule has 1 aromatic heterocycles. The number of carbonyl (C=O) groups excluding carboxylic acids is 1. The first-order chi connectivity index (χ1) is 16.3. The van der Waals surface area contributed by atoms with E-state index in [2.05, 4.69) is 10.1 Å². The first-order valence-electron chi connectivity index (χ1n) is 11.6. The molecular weight excluding hydrogens is 452 g/mol. The average Bonchev–Trinajstić information content (AvgIpc) is 3.49. The average molecular weight is 481 g/mol. The van der Waals surface area contributed by atoms with Crippen LogP contribution in [0.3, 0.4) is 0 Å². The van der Waals surface area contributed by atoms with Gasteiger partial charge in [-0.05, 0) is 74.2 Å². The minimum Gasteiger partial charge on any atom is -0.339 e. The van der Waals surface area contributed by atoms with Gasteiger partial charge in [-0.15, -0.1) is 0 Å². The fourth-order valence-corrected chi connectivity index (χ4v) is 6.08. The van der Waals surface area contributed by atoms with Crippen molar-refractivity contribution < 1.29 is 17.7 Å². The smallest absolute Gasteiger partial charge is 0.243 e. The van der Waals surface area contributed by atoms with Crippen LogP contribution in [0.25, 0.3) is 11.4 Å². The predicted molar refractivity (Wildman–Crippen MR) is 128 cm³/mol. The molecule has 1 amide bonds. The SMILES string of the molecule is Cc1ccc(N2C[C@H](c3nc(-c4ccc(S(=O)(=O)N5CCCCC5)cc4)no3)CC2=O)cc1C. The normalized spacial score (nSPS) is 19.6. The number of amides is 1. The minimum absolute atomic E-state index is 0.0280. The summed E-state index contributed by atoms with van der Waals surface area (Å²) in [6.45, 7) is 5.69. The number of benzene rings is 2. The molecule has 3 heterocycles. The molecule has 2 aromatic carbocycles. The second kappa shape index (κ2) is 8.96. The molecule has 2 fully saturated rings. The molecule has 178 valence electrons. The summed E-state index contributed by atoms with van der Waals surface area (Å²) >= 11 is 0. The van der Waals surface area contributed by atoms with Crippen LogP contribution < -0.4 is 4.90 Å². The van der Waals surface area contributed by atoms with Gasteiger partial charge in [-0.3, -0.25) is 4.79 Å². The Morgan fingerprint density at radius 3 is 2.41 bits per heavy atom. The summed E-state index contributed by atoms with van der Waals surface area (Å²) in [5, 5.41) is 4.09. The van der Waals surface area contributed by atoms with Crippen LogP contribution in [0.15, 0.2) is 51.9 Å². The molecule has 0 unspecified atom stereocenters. The van der Waals surface area contributed by atoms with E-state index in [-0.39, 0.29) is 16.7 Å².